The Kier molecular flexibility index (Phi) is 8.65. The topological polar surface area (TPSA) is 39.7 Å². The van der Waals surface area contributed by atoms with E-state index in [0.717, 1.165) is 29.4 Å². The number of hydrogen-bond donors (Lipinski definition) is 1. The zero-order valence-electron chi connectivity index (χ0n) is 18.7. The van der Waals surface area contributed by atoms with Crippen LogP contribution in [-0.4, -0.2) is 25.9 Å². The summed E-state index contributed by atoms with van der Waals surface area (Å²) < 4.78 is 17.7. The van der Waals surface area contributed by atoms with E-state index < -0.39 is 0 Å². The van der Waals surface area contributed by atoms with Crippen LogP contribution >= 0.6 is 0 Å². The standard InChI is InChI=1S/C27H33NO3/c1-4-21(2)26-15-8-9-16-27(26)31-22(3)20-28-23-11-10-14-25(19-23)30-18-17-29-24-12-6-5-7-13-24/h5-16,19,21-22,28H,4,17-18,20H2,1-3H3/t21-,22+/m0/s1. The molecular formula is C27H33NO3. The van der Waals surface area contributed by atoms with Gasteiger partial charge in [0.15, 0.2) is 0 Å². The number of benzene rings is 3. The average Bonchev–Trinajstić information content (AvgIpc) is 2.81. The first-order chi connectivity index (χ1) is 15.2. The van der Waals surface area contributed by atoms with Crippen molar-refractivity contribution >= 4 is 5.69 Å². The summed E-state index contributed by atoms with van der Waals surface area (Å²) in [5.74, 6) is 3.13. The highest BCUT2D eigenvalue weighted by Gasteiger charge is 2.12. The molecule has 2 atom stereocenters. The van der Waals surface area contributed by atoms with Crippen molar-refractivity contribution in [2.45, 2.75) is 39.2 Å². The third-order valence-electron chi connectivity index (χ3n) is 5.18. The first-order valence-corrected chi connectivity index (χ1v) is 11.1. The predicted molar refractivity (Wildman–Crippen MR) is 128 cm³/mol. The molecule has 0 aliphatic heterocycles. The quantitative estimate of drug-likeness (QED) is 0.339. The molecule has 3 rings (SSSR count). The summed E-state index contributed by atoms with van der Waals surface area (Å²) in [4.78, 5) is 0. The molecule has 1 N–H and O–H groups in total. The van der Waals surface area contributed by atoms with Gasteiger partial charge in [0, 0.05) is 11.8 Å². The smallest absolute Gasteiger partial charge is 0.123 e. The molecule has 3 aromatic rings. The van der Waals surface area contributed by atoms with Gasteiger partial charge in [-0.2, -0.15) is 0 Å². The van der Waals surface area contributed by atoms with E-state index >= 15 is 0 Å². The molecule has 0 amide bonds. The van der Waals surface area contributed by atoms with Crippen LogP contribution in [0.25, 0.3) is 0 Å². The second kappa shape index (κ2) is 11.9. The number of anilines is 1. The van der Waals surface area contributed by atoms with Crippen molar-refractivity contribution in [3.05, 3.63) is 84.4 Å². The van der Waals surface area contributed by atoms with Gasteiger partial charge in [-0.1, -0.05) is 56.3 Å². The highest BCUT2D eigenvalue weighted by atomic mass is 16.5. The summed E-state index contributed by atoms with van der Waals surface area (Å²) >= 11 is 0. The Labute approximate surface area is 186 Å². The molecule has 0 heterocycles. The Morgan fingerprint density at radius 1 is 0.774 bits per heavy atom. The predicted octanol–water partition coefficient (Wildman–Crippen LogP) is 6.54. The molecule has 0 bridgehead atoms. The van der Waals surface area contributed by atoms with Gasteiger partial charge in [-0.25, -0.2) is 0 Å². The third kappa shape index (κ3) is 7.25. The maximum Gasteiger partial charge on any atom is 0.123 e. The first-order valence-electron chi connectivity index (χ1n) is 11.1. The molecule has 4 heteroatoms. The molecule has 0 saturated heterocycles. The fourth-order valence-electron chi connectivity index (χ4n) is 3.27. The maximum absolute atomic E-state index is 6.23. The van der Waals surface area contributed by atoms with Gasteiger partial charge in [0.05, 0.1) is 6.54 Å². The molecule has 31 heavy (non-hydrogen) atoms. The van der Waals surface area contributed by atoms with E-state index in [1.807, 2.05) is 60.7 Å². The zero-order valence-corrected chi connectivity index (χ0v) is 18.7. The van der Waals surface area contributed by atoms with E-state index in [1.54, 1.807) is 0 Å². The van der Waals surface area contributed by atoms with Crippen molar-refractivity contribution in [2.24, 2.45) is 0 Å². The van der Waals surface area contributed by atoms with Gasteiger partial charge in [0.2, 0.25) is 0 Å². The van der Waals surface area contributed by atoms with Gasteiger partial charge in [-0.3, -0.25) is 0 Å². The molecule has 0 aromatic heterocycles. The van der Waals surface area contributed by atoms with Crippen molar-refractivity contribution in [1.29, 1.82) is 0 Å². The van der Waals surface area contributed by atoms with Crippen molar-refractivity contribution in [2.75, 3.05) is 25.1 Å². The average molecular weight is 420 g/mol. The summed E-state index contributed by atoms with van der Waals surface area (Å²) in [5, 5.41) is 3.45. The lowest BCUT2D eigenvalue weighted by atomic mass is 9.98. The van der Waals surface area contributed by atoms with Crippen LogP contribution in [-0.2, 0) is 0 Å². The number of para-hydroxylation sites is 2. The highest BCUT2D eigenvalue weighted by molar-refractivity contribution is 5.48. The fourth-order valence-corrected chi connectivity index (χ4v) is 3.27. The van der Waals surface area contributed by atoms with E-state index in [4.69, 9.17) is 14.2 Å². The monoisotopic (exact) mass is 419 g/mol. The molecule has 164 valence electrons. The van der Waals surface area contributed by atoms with Crippen molar-refractivity contribution < 1.29 is 14.2 Å². The lowest BCUT2D eigenvalue weighted by Crippen LogP contribution is -2.23. The van der Waals surface area contributed by atoms with Crippen LogP contribution in [0.2, 0.25) is 0 Å². The first kappa shape index (κ1) is 22.5. The van der Waals surface area contributed by atoms with Crippen LogP contribution in [0, 0.1) is 0 Å². The van der Waals surface area contributed by atoms with E-state index in [2.05, 4.69) is 44.3 Å². The Hall–Kier alpha value is -3.14. The molecule has 0 aliphatic carbocycles. The van der Waals surface area contributed by atoms with Gasteiger partial charge in [-0.05, 0) is 55.2 Å². The minimum Gasteiger partial charge on any atom is -0.490 e. The maximum atomic E-state index is 6.23. The Morgan fingerprint density at radius 2 is 1.45 bits per heavy atom. The molecule has 3 aromatic carbocycles. The summed E-state index contributed by atoms with van der Waals surface area (Å²) in [5.41, 5.74) is 2.28. The summed E-state index contributed by atoms with van der Waals surface area (Å²) in [7, 11) is 0. The summed E-state index contributed by atoms with van der Waals surface area (Å²) in [6.45, 7) is 8.22. The van der Waals surface area contributed by atoms with Crippen LogP contribution in [0.15, 0.2) is 78.9 Å². The minimum atomic E-state index is 0.0362. The fraction of sp³-hybridized carbons (Fsp3) is 0.333. The van der Waals surface area contributed by atoms with E-state index in [-0.39, 0.29) is 6.10 Å². The second-order valence-electron chi connectivity index (χ2n) is 7.69. The number of ether oxygens (including phenoxy) is 3. The van der Waals surface area contributed by atoms with Crippen LogP contribution in [0.5, 0.6) is 17.2 Å². The molecule has 0 aliphatic rings. The lowest BCUT2D eigenvalue weighted by molar-refractivity contribution is 0.217. The van der Waals surface area contributed by atoms with E-state index in [1.165, 1.54) is 5.56 Å². The number of hydrogen-bond acceptors (Lipinski definition) is 4. The highest BCUT2D eigenvalue weighted by Crippen LogP contribution is 2.29. The van der Waals surface area contributed by atoms with E-state index in [9.17, 15) is 0 Å². The molecular weight excluding hydrogens is 386 g/mol. The molecule has 0 spiro atoms. The Bertz CT molecular complexity index is 913. The molecule has 0 unspecified atom stereocenters. The Balaban J connectivity index is 1.45. The van der Waals surface area contributed by atoms with Crippen LogP contribution in [0.4, 0.5) is 5.69 Å². The van der Waals surface area contributed by atoms with Crippen molar-refractivity contribution in [3.8, 4) is 17.2 Å². The van der Waals surface area contributed by atoms with E-state index in [0.29, 0.717) is 25.7 Å². The minimum absolute atomic E-state index is 0.0362. The second-order valence-corrected chi connectivity index (χ2v) is 7.69. The van der Waals surface area contributed by atoms with Gasteiger partial charge in [0.1, 0.15) is 36.6 Å². The van der Waals surface area contributed by atoms with Crippen LogP contribution < -0.4 is 19.5 Å². The molecule has 0 radical (unpaired) electrons. The van der Waals surface area contributed by atoms with Gasteiger partial charge < -0.3 is 19.5 Å². The van der Waals surface area contributed by atoms with Crippen LogP contribution in [0.1, 0.15) is 38.7 Å². The lowest BCUT2D eigenvalue weighted by Gasteiger charge is -2.21. The summed E-state index contributed by atoms with van der Waals surface area (Å²) in [6.07, 6.45) is 1.13. The Morgan fingerprint density at radius 3 is 2.23 bits per heavy atom. The number of nitrogens with one attached hydrogen (secondary N) is 1. The van der Waals surface area contributed by atoms with Gasteiger partial charge in [0.25, 0.3) is 0 Å². The normalized spacial score (nSPS) is 12.6. The molecule has 0 saturated carbocycles. The zero-order chi connectivity index (χ0) is 21.9. The molecule has 0 fully saturated rings. The largest absolute Gasteiger partial charge is 0.490 e. The van der Waals surface area contributed by atoms with Crippen molar-refractivity contribution in [3.63, 3.8) is 0 Å². The van der Waals surface area contributed by atoms with Crippen molar-refractivity contribution in [1.82, 2.24) is 0 Å². The molecule has 4 nitrogen and oxygen atoms in total. The van der Waals surface area contributed by atoms with Gasteiger partial charge >= 0.3 is 0 Å². The number of rotatable bonds is 12. The van der Waals surface area contributed by atoms with Gasteiger partial charge in [-0.15, -0.1) is 0 Å². The third-order valence-corrected chi connectivity index (χ3v) is 5.18. The van der Waals surface area contributed by atoms with Crippen LogP contribution in [0.3, 0.4) is 0 Å². The SMILES string of the molecule is CC[C@H](C)c1ccccc1O[C@H](C)CNc1cccc(OCCOc2ccccc2)c1. The summed E-state index contributed by atoms with van der Waals surface area (Å²) in [6, 6.07) is 26.1.